The van der Waals surface area contributed by atoms with E-state index in [-0.39, 0.29) is 36.2 Å². The van der Waals surface area contributed by atoms with Crippen LogP contribution in [0.25, 0.3) is 0 Å². The number of carbonyl (C=O) groups excluding carboxylic acids is 2. The Morgan fingerprint density at radius 2 is 1.00 bits per heavy atom. The molecule has 0 aliphatic heterocycles. The van der Waals surface area contributed by atoms with Crippen molar-refractivity contribution in [3.63, 3.8) is 0 Å². The Balaban J connectivity index is 4.32. The van der Waals surface area contributed by atoms with Gasteiger partial charge in [0.25, 0.3) is 0 Å². The number of allylic oxidation sites excluding steroid dienone is 6. The lowest BCUT2D eigenvalue weighted by Crippen LogP contribution is -2.50. The van der Waals surface area contributed by atoms with Crippen molar-refractivity contribution in [1.29, 1.82) is 0 Å². The average Bonchev–Trinajstić information content (AvgIpc) is 3.15. The number of likely N-dealkylation sites (N-methyl/N-ethyl adjacent to an activating group) is 1. The van der Waals surface area contributed by atoms with E-state index >= 15 is 0 Å². The minimum absolute atomic E-state index is 0.0551. The van der Waals surface area contributed by atoms with Crippen LogP contribution in [0.1, 0.15) is 200 Å². The molecule has 0 heterocycles. The summed E-state index contributed by atoms with van der Waals surface area (Å²) >= 11 is 0. The Kier molecular flexibility index (Phi) is 37.7. The van der Waals surface area contributed by atoms with E-state index in [4.69, 9.17) is 14.2 Å². The molecule has 0 radical (unpaired) electrons. The zero-order valence-corrected chi connectivity index (χ0v) is 37.1. The molecule has 0 aromatic rings. The van der Waals surface area contributed by atoms with E-state index in [0.717, 1.165) is 70.6 Å². The SMILES string of the molecule is CC/C=C/C/C=C/C/C=C/CCCCCCCCC(=O)OCC(COCCC(C(=O)O)[N+](C)(C)C)OC(=O)CCCCCCCCCCCCCCCCCC. The summed E-state index contributed by atoms with van der Waals surface area (Å²) in [5.41, 5.74) is 0. The van der Waals surface area contributed by atoms with Gasteiger partial charge < -0.3 is 23.8 Å². The van der Waals surface area contributed by atoms with Crippen LogP contribution in [0.3, 0.4) is 0 Å². The predicted molar refractivity (Wildman–Crippen MR) is 234 cm³/mol. The first-order valence-corrected chi connectivity index (χ1v) is 23.0. The number of carbonyl (C=O) groups is 3. The molecule has 0 aromatic carbocycles. The maximum atomic E-state index is 12.7. The van der Waals surface area contributed by atoms with Gasteiger partial charge in [-0.1, -0.05) is 172 Å². The highest BCUT2D eigenvalue weighted by Crippen LogP contribution is 2.15. The fourth-order valence-electron chi connectivity index (χ4n) is 6.75. The van der Waals surface area contributed by atoms with Gasteiger partial charge in [0.2, 0.25) is 0 Å². The van der Waals surface area contributed by atoms with Crippen LogP contribution in [0.5, 0.6) is 0 Å². The molecule has 0 aromatic heterocycles. The molecule has 0 fully saturated rings. The summed E-state index contributed by atoms with van der Waals surface area (Å²) in [6, 6.07) is -0.615. The summed E-state index contributed by atoms with van der Waals surface area (Å²) in [5, 5.41) is 9.62. The quantitative estimate of drug-likeness (QED) is 0.0285. The van der Waals surface area contributed by atoms with Crippen LogP contribution >= 0.6 is 0 Å². The van der Waals surface area contributed by atoms with Crippen molar-refractivity contribution in [3.05, 3.63) is 36.5 Å². The molecule has 0 saturated heterocycles. The maximum absolute atomic E-state index is 12.7. The third-order valence-electron chi connectivity index (χ3n) is 10.3. The van der Waals surface area contributed by atoms with Gasteiger partial charge in [-0.05, 0) is 44.9 Å². The number of aliphatic carboxylic acids is 1. The summed E-state index contributed by atoms with van der Waals surface area (Å²) in [6.07, 6.45) is 44.7. The number of rotatable bonds is 41. The average molecular weight is 791 g/mol. The highest BCUT2D eigenvalue weighted by molar-refractivity contribution is 5.72. The molecular formula is C48H88NO7+. The summed E-state index contributed by atoms with van der Waals surface area (Å²) < 4.78 is 17.3. The van der Waals surface area contributed by atoms with Crippen LogP contribution in [0, 0.1) is 0 Å². The van der Waals surface area contributed by atoms with Crippen LogP contribution < -0.4 is 0 Å². The van der Waals surface area contributed by atoms with E-state index in [1.54, 1.807) is 0 Å². The number of quaternary nitrogens is 1. The molecule has 0 saturated carbocycles. The Hall–Kier alpha value is -2.45. The van der Waals surface area contributed by atoms with Gasteiger partial charge in [-0.2, -0.15) is 0 Å². The Bertz CT molecular complexity index is 1020. The third-order valence-corrected chi connectivity index (χ3v) is 10.3. The van der Waals surface area contributed by atoms with E-state index in [1.807, 2.05) is 21.1 Å². The van der Waals surface area contributed by atoms with Gasteiger partial charge in [-0.3, -0.25) is 9.59 Å². The van der Waals surface area contributed by atoms with Crippen LogP contribution in [0.15, 0.2) is 36.5 Å². The molecule has 0 bridgehead atoms. The molecule has 56 heavy (non-hydrogen) atoms. The van der Waals surface area contributed by atoms with Gasteiger partial charge in [-0.15, -0.1) is 0 Å². The zero-order chi connectivity index (χ0) is 41.4. The molecule has 1 N–H and O–H groups in total. The lowest BCUT2D eigenvalue weighted by molar-refractivity contribution is -0.887. The Morgan fingerprint density at radius 3 is 1.48 bits per heavy atom. The fraction of sp³-hybridized carbons (Fsp3) is 0.812. The first kappa shape index (κ1) is 53.6. The van der Waals surface area contributed by atoms with E-state index in [0.29, 0.717) is 19.3 Å². The molecule has 8 nitrogen and oxygen atoms in total. The molecule has 8 heteroatoms. The second-order valence-corrected chi connectivity index (χ2v) is 16.6. The van der Waals surface area contributed by atoms with E-state index < -0.39 is 18.1 Å². The van der Waals surface area contributed by atoms with Gasteiger partial charge in [-0.25, -0.2) is 4.79 Å². The monoisotopic (exact) mass is 791 g/mol. The summed E-state index contributed by atoms with van der Waals surface area (Å²) in [6.45, 7) is 4.63. The molecule has 0 aliphatic rings. The van der Waals surface area contributed by atoms with Gasteiger partial charge in [0.15, 0.2) is 12.1 Å². The van der Waals surface area contributed by atoms with Crippen molar-refractivity contribution in [2.24, 2.45) is 0 Å². The number of carboxylic acids is 1. The van der Waals surface area contributed by atoms with Gasteiger partial charge >= 0.3 is 17.9 Å². The van der Waals surface area contributed by atoms with Crippen LogP contribution in [-0.2, 0) is 28.6 Å². The smallest absolute Gasteiger partial charge is 0.362 e. The standard InChI is InChI=1S/C48H87NO7/c1-6-8-10-12-14-16-18-20-22-24-26-28-30-32-34-36-38-46(50)55-43-44(42-54-41-40-45(48(52)53)49(3,4)5)56-47(51)39-37-35-33-31-29-27-25-23-21-19-17-15-13-11-9-7-2/h8,10,14,16,20,22,44-45H,6-7,9,11-13,15,17-19,21,23-43H2,1-5H3/p+1/b10-8+,16-14+,22-20+. The first-order chi connectivity index (χ1) is 27.1. The summed E-state index contributed by atoms with van der Waals surface area (Å²) in [4.78, 5) is 37.0. The van der Waals surface area contributed by atoms with Gasteiger partial charge in [0.05, 0.1) is 34.4 Å². The second kappa shape index (κ2) is 39.4. The minimum Gasteiger partial charge on any atom is -0.477 e. The summed E-state index contributed by atoms with van der Waals surface area (Å²) in [5.74, 6) is -1.47. The number of unbranched alkanes of at least 4 members (excludes halogenated alkanes) is 21. The molecule has 2 atom stereocenters. The van der Waals surface area contributed by atoms with Crippen molar-refractivity contribution >= 4 is 17.9 Å². The lowest BCUT2D eigenvalue weighted by atomic mass is 10.0. The molecule has 326 valence electrons. The van der Waals surface area contributed by atoms with Crippen LogP contribution in [-0.4, -0.2) is 80.6 Å². The molecule has 0 rings (SSSR count). The predicted octanol–water partition coefficient (Wildman–Crippen LogP) is 12.6. The van der Waals surface area contributed by atoms with Crippen molar-refractivity contribution < 1.29 is 38.2 Å². The third kappa shape index (κ3) is 37.1. The number of hydrogen-bond acceptors (Lipinski definition) is 6. The van der Waals surface area contributed by atoms with E-state index in [1.165, 1.54) is 96.3 Å². The molecule has 0 spiro atoms. The van der Waals surface area contributed by atoms with Crippen molar-refractivity contribution in [3.8, 4) is 0 Å². The Labute approximate surface area is 344 Å². The fourth-order valence-corrected chi connectivity index (χ4v) is 6.75. The van der Waals surface area contributed by atoms with Crippen LogP contribution in [0.2, 0.25) is 0 Å². The largest absolute Gasteiger partial charge is 0.477 e. The Morgan fingerprint density at radius 1 is 0.554 bits per heavy atom. The lowest BCUT2D eigenvalue weighted by Gasteiger charge is -2.31. The molecule has 0 aliphatic carbocycles. The molecular weight excluding hydrogens is 703 g/mol. The van der Waals surface area contributed by atoms with E-state index in [9.17, 15) is 19.5 Å². The number of carboxylic acid groups (broad SMARTS) is 1. The first-order valence-electron chi connectivity index (χ1n) is 23.0. The second-order valence-electron chi connectivity index (χ2n) is 16.6. The molecule has 0 amide bonds. The normalized spacial score (nSPS) is 13.2. The van der Waals surface area contributed by atoms with Crippen molar-refractivity contribution in [2.45, 2.75) is 212 Å². The number of nitrogens with zero attached hydrogens (tertiary/aromatic N) is 1. The number of esters is 2. The van der Waals surface area contributed by atoms with Gasteiger partial charge in [0.1, 0.15) is 6.61 Å². The highest BCUT2D eigenvalue weighted by atomic mass is 16.6. The van der Waals surface area contributed by atoms with Crippen molar-refractivity contribution in [2.75, 3.05) is 41.0 Å². The maximum Gasteiger partial charge on any atom is 0.362 e. The molecule has 2 unspecified atom stereocenters. The highest BCUT2D eigenvalue weighted by Gasteiger charge is 2.31. The van der Waals surface area contributed by atoms with Gasteiger partial charge in [0, 0.05) is 19.3 Å². The number of ether oxygens (including phenoxy) is 3. The van der Waals surface area contributed by atoms with Crippen molar-refractivity contribution in [1.82, 2.24) is 0 Å². The van der Waals surface area contributed by atoms with E-state index in [2.05, 4.69) is 50.3 Å². The summed E-state index contributed by atoms with van der Waals surface area (Å²) in [7, 11) is 5.53. The topological polar surface area (TPSA) is 99.1 Å². The number of hydrogen-bond donors (Lipinski definition) is 1. The van der Waals surface area contributed by atoms with Crippen LogP contribution in [0.4, 0.5) is 0 Å². The minimum atomic E-state index is -0.876. The zero-order valence-electron chi connectivity index (χ0n) is 37.1.